The topological polar surface area (TPSA) is 49.4 Å². The summed E-state index contributed by atoms with van der Waals surface area (Å²) >= 11 is 0. The van der Waals surface area contributed by atoms with Crippen molar-refractivity contribution in [3.05, 3.63) is 59.7 Å². The van der Waals surface area contributed by atoms with E-state index in [-0.39, 0.29) is 11.8 Å². The fourth-order valence-corrected chi connectivity index (χ4v) is 3.40. The van der Waals surface area contributed by atoms with Gasteiger partial charge in [-0.3, -0.25) is 9.59 Å². The van der Waals surface area contributed by atoms with Crippen LogP contribution >= 0.6 is 0 Å². The second-order valence-corrected chi connectivity index (χ2v) is 5.49. The lowest BCUT2D eigenvalue weighted by Gasteiger charge is -2.16. The van der Waals surface area contributed by atoms with Gasteiger partial charge in [0.1, 0.15) is 0 Å². The second kappa shape index (κ2) is 4.19. The highest BCUT2D eigenvalue weighted by Gasteiger charge is 2.46. The molecule has 21 heavy (non-hydrogen) atoms. The summed E-state index contributed by atoms with van der Waals surface area (Å²) in [4.78, 5) is 26.7. The number of hydrogen-bond donors (Lipinski definition) is 1. The average molecular weight is 278 g/mol. The third-order valence-corrected chi connectivity index (χ3v) is 4.40. The van der Waals surface area contributed by atoms with Crippen molar-refractivity contribution >= 4 is 23.2 Å². The van der Waals surface area contributed by atoms with Gasteiger partial charge in [0.2, 0.25) is 11.8 Å². The van der Waals surface area contributed by atoms with Gasteiger partial charge in [0.05, 0.1) is 11.8 Å². The summed E-state index contributed by atoms with van der Waals surface area (Å²) < 4.78 is 0. The molecule has 4 rings (SSSR count). The Labute approximate surface area is 122 Å². The van der Waals surface area contributed by atoms with Crippen molar-refractivity contribution in [3.63, 3.8) is 0 Å². The van der Waals surface area contributed by atoms with Gasteiger partial charge in [-0.05, 0) is 23.3 Å². The number of benzene rings is 2. The number of carbonyl (C=O) groups excluding carboxylic acids is 2. The van der Waals surface area contributed by atoms with Gasteiger partial charge in [0, 0.05) is 18.4 Å². The van der Waals surface area contributed by atoms with Gasteiger partial charge in [-0.25, -0.2) is 0 Å². The van der Waals surface area contributed by atoms with Gasteiger partial charge in [-0.15, -0.1) is 0 Å². The molecule has 2 aromatic rings. The molecule has 2 aromatic carbocycles. The monoisotopic (exact) mass is 278 g/mol. The lowest BCUT2D eigenvalue weighted by atomic mass is 9.83. The number of rotatable bonds is 1. The minimum absolute atomic E-state index is 0.0203. The molecule has 2 aliphatic rings. The first-order valence-corrected chi connectivity index (χ1v) is 6.95. The van der Waals surface area contributed by atoms with E-state index in [1.165, 1.54) is 0 Å². The summed E-state index contributed by atoms with van der Waals surface area (Å²) in [5, 5.41) is 2.88. The lowest BCUT2D eigenvalue weighted by molar-refractivity contribution is -0.124. The minimum atomic E-state index is -0.445. The quantitative estimate of drug-likeness (QED) is 0.871. The molecule has 0 aromatic heterocycles. The average Bonchev–Trinajstić information content (AvgIpc) is 2.95. The number of para-hydroxylation sites is 2. The molecule has 1 N–H and O–H groups in total. The Morgan fingerprint density at radius 3 is 2.38 bits per heavy atom. The van der Waals surface area contributed by atoms with Crippen LogP contribution in [-0.2, 0) is 9.59 Å². The third kappa shape index (κ3) is 1.56. The Bertz CT molecular complexity index is 769. The predicted octanol–water partition coefficient (Wildman–Crippen LogP) is 2.48. The molecule has 2 amide bonds. The van der Waals surface area contributed by atoms with E-state index in [1.54, 1.807) is 11.9 Å². The van der Waals surface area contributed by atoms with Crippen molar-refractivity contribution < 1.29 is 9.59 Å². The molecule has 4 nitrogen and oxygen atoms in total. The predicted molar refractivity (Wildman–Crippen MR) is 80.4 cm³/mol. The van der Waals surface area contributed by atoms with Crippen LogP contribution in [-0.4, -0.2) is 18.9 Å². The standard InChI is InChI=1S/C17H14N2O2/c1-19-13-9-5-3-7-11(13)15(17(19)21)14-10-6-2-4-8-12(10)18-16(14)20/h2-9,14-15H,1H3,(H,18,20). The van der Waals surface area contributed by atoms with Gasteiger partial charge in [-0.1, -0.05) is 36.4 Å². The highest BCUT2D eigenvalue weighted by Crippen LogP contribution is 2.48. The van der Waals surface area contributed by atoms with E-state index in [4.69, 9.17) is 0 Å². The van der Waals surface area contributed by atoms with Crippen LogP contribution in [0, 0.1) is 0 Å². The number of fused-ring (bicyclic) bond motifs is 2. The summed E-state index contributed by atoms with van der Waals surface area (Å²) in [5.41, 5.74) is 3.55. The zero-order valence-electron chi connectivity index (χ0n) is 11.5. The van der Waals surface area contributed by atoms with Crippen LogP contribution in [0.25, 0.3) is 0 Å². The molecule has 0 aliphatic carbocycles. The third-order valence-electron chi connectivity index (χ3n) is 4.40. The molecule has 2 unspecified atom stereocenters. The molecule has 0 spiro atoms. The Morgan fingerprint density at radius 2 is 1.57 bits per heavy atom. The van der Waals surface area contributed by atoms with Gasteiger partial charge < -0.3 is 10.2 Å². The normalized spacial score (nSPS) is 23.0. The molecule has 0 radical (unpaired) electrons. The summed E-state index contributed by atoms with van der Waals surface area (Å²) in [6, 6.07) is 15.3. The van der Waals surface area contributed by atoms with Gasteiger partial charge in [0.15, 0.2) is 0 Å². The molecule has 0 bridgehead atoms. The Balaban J connectivity index is 1.88. The molecule has 0 saturated heterocycles. The van der Waals surface area contributed by atoms with Crippen molar-refractivity contribution in [1.82, 2.24) is 0 Å². The number of amides is 2. The smallest absolute Gasteiger partial charge is 0.235 e. The molecule has 2 aliphatic heterocycles. The molecule has 0 saturated carbocycles. The van der Waals surface area contributed by atoms with Gasteiger partial charge >= 0.3 is 0 Å². The van der Waals surface area contributed by atoms with Crippen molar-refractivity contribution in [1.29, 1.82) is 0 Å². The van der Waals surface area contributed by atoms with E-state index >= 15 is 0 Å². The number of nitrogens with zero attached hydrogens (tertiary/aromatic N) is 1. The second-order valence-electron chi connectivity index (χ2n) is 5.49. The van der Waals surface area contributed by atoms with Crippen molar-refractivity contribution in [2.45, 2.75) is 11.8 Å². The van der Waals surface area contributed by atoms with Crippen LogP contribution in [0.4, 0.5) is 11.4 Å². The molecule has 104 valence electrons. The SMILES string of the molecule is CN1C(=O)C(C2C(=O)Nc3ccccc32)c2ccccc21. The summed E-state index contributed by atoms with van der Waals surface area (Å²) in [6.45, 7) is 0. The van der Waals surface area contributed by atoms with Crippen LogP contribution in [0.3, 0.4) is 0 Å². The fourth-order valence-electron chi connectivity index (χ4n) is 3.40. The van der Waals surface area contributed by atoms with E-state index in [0.717, 1.165) is 22.5 Å². The molecule has 2 heterocycles. The maximum atomic E-state index is 12.7. The van der Waals surface area contributed by atoms with E-state index in [0.29, 0.717) is 0 Å². The maximum absolute atomic E-state index is 12.7. The number of anilines is 2. The molecule has 0 fully saturated rings. The Kier molecular flexibility index (Phi) is 2.42. The number of likely N-dealkylation sites (N-methyl/N-ethyl adjacent to an activating group) is 1. The minimum Gasteiger partial charge on any atom is -0.325 e. The first-order valence-electron chi connectivity index (χ1n) is 6.95. The van der Waals surface area contributed by atoms with Crippen LogP contribution in [0.2, 0.25) is 0 Å². The van der Waals surface area contributed by atoms with Gasteiger partial charge in [-0.2, -0.15) is 0 Å². The van der Waals surface area contributed by atoms with Crippen LogP contribution in [0.5, 0.6) is 0 Å². The van der Waals surface area contributed by atoms with Crippen molar-refractivity contribution in [2.75, 3.05) is 17.3 Å². The highest BCUT2D eigenvalue weighted by molar-refractivity contribution is 6.12. The van der Waals surface area contributed by atoms with Crippen molar-refractivity contribution in [3.8, 4) is 0 Å². The Morgan fingerprint density at radius 1 is 0.905 bits per heavy atom. The van der Waals surface area contributed by atoms with Crippen LogP contribution < -0.4 is 10.2 Å². The number of carbonyl (C=O) groups is 2. The van der Waals surface area contributed by atoms with E-state index in [1.807, 2.05) is 48.5 Å². The van der Waals surface area contributed by atoms with Crippen LogP contribution in [0.1, 0.15) is 23.0 Å². The van der Waals surface area contributed by atoms with E-state index < -0.39 is 11.8 Å². The van der Waals surface area contributed by atoms with E-state index in [2.05, 4.69) is 5.32 Å². The number of hydrogen-bond acceptors (Lipinski definition) is 2. The molecule has 4 heteroatoms. The zero-order valence-corrected chi connectivity index (χ0v) is 11.5. The first kappa shape index (κ1) is 12.1. The van der Waals surface area contributed by atoms with E-state index in [9.17, 15) is 9.59 Å². The van der Waals surface area contributed by atoms with Crippen molar-refractivity contribution in [2.24, 2.45) is 0 Å². The molecular weight excluding hydrogens is 264 g/mol. The molecular formula is C17H14N2O2. The largest absolute Gasteiger partial charge is 0.325 e. The highest BCUT2D eigenvalue weighted by atomic mass is 16.2. The summed E-state index contributed by atoms with van der Waals surface area (Å²) in [5.74, 6) is -0.998. The lowest BCUT2D eigenvalue weighted by Crippen LogP contribution is -2.29. The Hall–Kier alpha value is -2.62. The summed E-state index contributed by atoms with van der Waals surface area (Å²) in [6.07, 6.45) is 0. The molecule has 2 atom stereocenters. The zero-order chi connectivity index (χ0) is 14.6. The van der Waals surface area contributed by atoms with Crippen LogP contribution in [0.15, 0.2) is 48.5 Å². The first-order chi connectivity index (χ1) is 10.2. The van der Waals surface area contributed by atoms with Gasteiger partial charge in [0.25, 0.3) is 0 Å². The maximum Gasteiger partial charge on any atom is 0.235 e. The number of nitrogens with one attached hydrogen (secondary N) is 1. The fraction of sp³-hybridized carbons (Fsp3) is 0.176. The summed E-state index contributed by atoms with van der Waals surface area (Å²) in [7, 11) is 1.76.